The van der Waals surface area contributed by atoms with Crippen LogP contribution in [-0.4, -0.2) is 25.5 Å². The Bertz CT molecular complexity index is 163. The maximum atomic E-state index is 11.2. The second-order valence-corrected chi connectivity index (χ2v) is 4.32. The molecule has 0 saturated carbocycles. The van der Waals surface area contributed by atoms with Crippen molar-refractivity contribution in [3.63, 3.8) is 0 Å². The Morgan fingerprint density at radius 1 is 1.20 bits per heavy atom. The van der Waals surface area contributed by atoms with Gasteiger partial charge < -0.3 is 10.6 Å². The minimum absolute atomic E-state index is 0. The average Bonchev–Trinajstić information content (AvgIpc) is 2.03. The Kier molecular flexibility index (Phi) is 11.7. The first-order valence-electron chi connectivity index (χ1n) is 5.50. The van der Waals surface area contributed by atoms with Crippen LogP contribution in [0.4, 0.5) is 0 Å². The Hall–Kier alpha value is -0.280. The summed E-state index contributed by atoms with van der Waals surface area (Å²) in [6, 6.07) is 0.301. The highest BCUT2D eigenvalue weighted by Gasteiger charge is 2.06. The van der Waals surface area contributed by atoms with Gasteiger partial charge in [0.1, 0.15) is 0 Å². The molecule has 4 heteroatoms. The first-order chi connectivity index (χ1) is 6.56. The van der Waals surface area contributed by atoms with Gasteiger partial charge in [-0.15, -0.1) is 12.4 Å². The van der Waals surface area contributed by atoms with Crippen LogP contribution in [0.25, 0.3) is 0 Å². The number of nitrogens with one attached hydrogen (secondary N) is 2. The van der Waals surface area contributed by atoms with Gasteiger partial charge in [-0.25, -0.2) is 0 Å². The van der Waals surface area contributed by atoms with Gasteiger partial charge in [0, 0.05) is 6.04 Å². The third-order valence-electron chi connectivity index (χ3n) is 2.16. The molecule has 0 aliphatic heterocycles. The third-order valence-corrected chi connectivity index (χ3v) is 2.16. The van der Waals surface area contributed by atoms with Crippen LogP contribution < -0.4 is 10.6 Å². The molecule has 1 unspecified atom stereocenters. The Morgan fingerprint density at radius 2 is 1.80 bits per heavy atom. The molecule has 0 aromatic rings. The summed E-state index contributed by atoms with van der Waals surface area (Å²) in [6.45, 7) is 6.93. The van der Waals surface area contributed by atoms with Crippen LogP contribution in [0.1, 0.15) is 40.0 Å². The molecule has 0 spiro atoms. The van der Waals surface area contributed by atoms with E-state index in [1.165, 1.54) is 12.8 Å². The van der Waals surface area contributed by atoms with Crippen molar-refractivity contribution in [3.8, 4) is 0 Å². The lowest BCUT2D eigenvalue weighted by Gasteiger charge is -2.14. The molecule has 0 aliphatic rings. The lowest BCUT2D eigenvalue weighted by Crippen LogP contribution is -2.38. The quantitative estimate of drug-likeness (QED) is 0.710. The van der Waals surface area contributed by atoms with Crippen LogP contribution in [0.3, 0.4) is 0 Å². The van der Waals surface area contributed by atoms with Gasteiger partial charge in [-0.05, 0) is 26.3 Å². The number of amides is 1. The number of likely N-dealkylation sites (N-methyl/N-ethyl adjacent to an activating group) is 1. The summed E-state index contributed by atoms with van der Waals surface area (Å²) in [5.41, 5.74) is 0. The van der Waals surface area contributed by atoms with Gasteiger partial charge in [0.15, 0.2) is 0 Å². The standard InChI is InChI=1S/C11H24N2O.ClH/c1-9(2)6-5-7-10(3)13-11(14)8-12-4;/h9-10,12H,5-8H2,1-4H3,(H,13,14);1H. The fourth-order valence-electron chi connectivity index (χ4n) is 1.39. The summed E-state index contributed by atoms with van der Waals surface area (Å²) < 4.78 is 0. The minimum Gasteiger partial charge on any atom is -0.353 e. The molecule has 0 heterocycles. The molecule has 92 valence electrons. The number of hydrogen-bond donors (Lipinski definition) is 2. The Labute approximate surface area is 99.8 Å². The SMILES string of the molecule is CNCC(=O)NC(C)CCCC(C)C.Cl. The number of carbonyl (C=O) groups excluding carboxylic acids is 1. The highest BCUT2D eigenvalue weighted by atomic mass is 35.5. The van der Waals surface area contributed by atoms with Crippen molar-refractivity contribution in [3.05, 3.63) is 0 Å². The van der Waals surface area contributed by atoms with Crippen molar-refractivity contribution in [1.29, 1.82) is 0 Å². The monoisotopic (exact) mass is 236 g/mol. The molecule has 1 amide bonds. The number of rotatable bonds is 7. The van der Waals surface area contributed by atoms with E-state index in [0.29, 0.717) is 12.6 Å². The molecule has 0 aromatic carbocycles. The molecule has 0 bridgehead atoms. The summed E-state index contributed by atoms with van der Waals surface area (Å²) in [6.07, 6.45) is 3.51. The smallest absolute Gasteiger partial charge is 0.234 e. The fourth-order valence-corrected chi connectivity index (χ4v) is 1.39. The second kappa shape index (κ2) is 10.2. The van der Waals surface area contributed by atoms with Gasteiger partial charge >= 0.3 is 0 Å². The van der Waals surface area contributed by atoms with Gasteiger partial charge in [-0.3, -0.25) is 4.79 Å². The third kappa shape index (κ3) is 11.6. The molecule has 3 nitrogen and oxygen atoms in total. The molecular formula is C11H25ClN2O. The molecule has 0 saturated heterocycles. The predicted molar refractivity (Wildman–Crippen MR) is 67.5 cm³/mol. The summed E-state index contributed by atoms with van der Waals surface area (Å²) in [4.78, 5) is 11.2. The maximum Gasteiger partial charge on any atom is 0.234 e. The molecule has 0 radical (unpaired) electrons. The van der Waals surface area contributed by atoms with E-state index in [9.17, 15) is 4.79 Å². The zero-order valence-electron chi connectivity index (χ0n) is 10.3. The lowest BCUT2D eigenvalue weighted by atomic mass is 10.0. The van der Waals surface area contributed by atoms with Crippen molar-refractivity contribution < 1.29 is 4.79 Å². The first kappa shape index (κ1) is 17.1. The van der Waals surface area contributed by atoms with Gasteiger partial charge in [0.05, 0.1) is 6.54 Å². The van der Waals surface area contributed by atoms with Gasteiger partial charge in [0.25, 0.3) is 0 Å². The van der Waals surface area contributed by atoms with E-state index in [1.807, 2.05) is 0 Å². The molecule has 0 rings (SSSR count). The zero-order valence-corrected chi connectivity index (χ0v) is 11.1. The van der Waals surface area contributed by atoms with Crippen molar-refractivity contribution >= 4 is 18.3 Å². The van der Waals surface area contributed by atoms with Crippen LogP contribution >= 0.6 is 12.4 Å². The Morgan fingerprint density at radius 3 is 2.27 bits per heavy atom. The predicted octanol–water partition coefficient (Wildman–Crippen LogP) is 1.96. The number of halogens is 1. The maximum absolute atomic E-state index is 11.2. The minimum atomic E-state index is 0. The molecule has 0 fully saturated rings. The van der Waals surface area contributed by atoms with Crippen molar-refractivity contribution in [1.82, 2.24) is 10.6 Å². The molecule has 2 N–H and O–H groups in total. The van der Waals surface area contributed by atoms with Gasteiger partial charge in [-0.1, -0.05) is 26.7 Å². The molecule has 0 aromatic heterocycles. The number of carbonyl (C=O) groups is 1. The summed E-state index contributed by atoms with van der Waals surface area (Å²) >= 11 is 0. The zero-order chi connectivity index (χ0) is 11.0. The van der Waals surface area contributed by atoms with Crippen molar-refractivity contribution in [2.45, 2.75) is 46.1 Å². The molecular weight excluding hydrogens is 212 g/mol. The van der Waals surface area contributed by atoms with Crippen LogP contribution in [0.2, 0.25) is 0 Å². The van der Waals surface area contributed by atoms with Crippen LogP contribution in [0.15, 0.2) is 0 Å². The van der Waals surface area contributed by atoms with Crippen molar-refractivity contribution in [2.75, 3.05) is 13.6 Å². The first-order valence-corrected chi connectivity index (χ1v) is 5.50. The van der Waals surface area contributed by atoms with E-state index in [1.54, 1.807) is 7.05 Å². The van der Waals surface area contributed by atoms with E-state index in [2.05, 4.69) is 31.4 Å². The summed E-state index contributed by atoms with van der Waals surface area (Å²) in [5, 5.41) is 5.79. The average molecular weight is 237 g/mol. The summed E-state index contributed by atoms with van der Waals surface area (Å²) in [5.74, 6) is 0.847. The highest BCUT2D eigenvalue weighted by molar-refractivity contribution is 5.85. The van der Waals surface area contributed by atoms with E-state index >= 15 is 0 Å². The second-order valence-electron chi connectivity index (χ2n) is 4.32. The van der Waals surface area contributed by atoms with E-state index in [4.69, 9.17) is 0 Å². The fraction of sp³-hybridized carbons (Fsp3) is 0.909. The van der Waals surface area contributed by atoms with Crippen LogP contribution in [0, 0.1) is 5.92 Å². The largest absolute Gasteiger partial charge is 0.353 e. The van der Waals surface area contributed by atoms with E-state index < -0.39 is 0 Å². The molecule has 1 atom stereocenters. The van der Waals surface area contributed by atoms with Crippen LogP contribution in [0.5, 0.6) is 0 Å². The highest BCUT2D eigenvalue weighted by Crippen LogP contribution is 2.07. The normalized spacial score (nSPS) is 12.1. The molecule has 15 heavy (non-hydrogen) atoms. The van der Waals surface area contributed by atoms with Gasteiger partial charge in [0.2, 0.25) is 5.91 Å². The number of hydrogen-bond acceptors (Lipinski definition) is 2. The van der Waals surface area contributed by atoms with Crippen LogP contribution in [-0.2, 0) is 4.79 Å². The topological polar surface area (TPSA) is 41.1 Å². The van der Waals surface area contributed by atoms with Gasteiger partial charge in [-0.2, -0.15) is 0 Å². The summed E-state index contributed by atoms with van der Waals surface area (Å²) in [7, 11) is 1.78. The van der Waals surface area contributed by atoms with E-state index in [0.717, 1.165) is 12.3 Å². The molecule has 0 aliphatic carbocycles. The van der Waals surface area contributed by atoms with Crippen molar-refractivity contribution in [2.24, 2.45) is 5.92 Å². The van der Waals surface area contributed by atoms with E-state index in [-0.39, 0.29) is 18.3 Å². The lowest BCUT2D eigenvalue weighted by molar-refractivity contribution is -0.120. The Balaban J connectivity index is 0.